The summed E-state index contributed by atoms with van der Waals surface area (Å²) in [5, 5.41) is 9.23. The highest BCUT2D eigenvalue weighted by Crippen LogP contribution is 2.27. The summed E-state index contributed by atoms with van der Waals surface area (Å²) in [6.07, 6.45) is 4.83. The number of aromatic nitrogens is 2. The second-order valence-corrected chi connectivity index (χ2v) is 7.63. The second-order valence-electron chi connectivity index (χ2n) is 6.68. The van der Waals surface area contributed by atoms with Crippen molar-refractivity contribution in [2.24, 2.45) is 0 Å². The van der Waals surface area contributed by atoms with Crippen LogP contribution in [0.5, 0.6) is 0 Å². The molecule has 2 aromatic heterocycles. The van der Waals surface area contributed by atoms with Crippen LogP contribution in [0.4, 0.5) is 0 Å². The quantitative estimate of drug-likeness (QED) is 0.454. The first-order valence-electron chi connectivity index (χ1n) is 9.32. The van der Waals surface area contributed by atoms with Gasteiger partial charge in [-0.05, 0) is 36.9 Å². The molecule has 1 N–H and O–H groups in total. The summed E-state index contributed by atoms with van der Waals surface area (Å²) >= 11 is 1.59. The highest BCUT2D eigenvalue weighted by molar-refractivity contribution is 7.13. The van der Waals surface area contributed by atoms with Gasteiger partial charge in [-0.1, -0.05) is 36.4 Å². The van der Waals surface area contributed by atoms with Gasteiger partial charge in [0.2, 0.25) is 5.91 Å². The molecule has 150 valence electrons. The van der Waals surface area contributed by atoms with Crippen molar-refractivity contribution < 1.29 is 14.3 Å². The van der Waals surface area contributed by atoms with Crippen LogP contribution in [0, 0.1) is 0 Å². The number of ether oxygens (including phenoxy) is 1. The first kappa shape index (κ1) is 20.5. The minimum atomic E-state index is -0.461. The second kappa shape index (κ2) is 9.84. The maximum atomic E-state index is 12.1. The highest BCUT2D eigenvalue weighted by atomic mass is 32.1. The number of thiophene rings is 1. The lowest BCUT2D eigenvalue weighted by atomic mass is 10.2. The van der Waals surface area contributed by atoms with E-state index in [1.165, 1.54) is 6.08 Å². The maximum absolute atomic E-state index is 12.1. The molecule has 2 heterocycles. The zero-order chi connectivity index (χ0) is 20.6. The summed E-state index contributed by atoms with van der Waals surface area (Å²) in [6, 6.07) is 14.0. The van der Waals surface area contributed by atoms with Gasteiger partial charge in [0, 0.05) is 17.8 Å². The Labute approximate surface area is 173 Å². The molecule has 7 heteroatoms. The van der Waals surface area contributed by atoms with Crippen LogP contribution in [-0.4, -0.2) is 34.3 Å². The van der Waals surface area contributed by atoms with Crippen molar-refractivity contribution in [3.63, 3.8) is 0 Å². The first-order chi connectivity index (χ1) is 14.0. The number of amides is 1. The average Bonchev–Trinajstić information content (AvgIpc) is 3.34. The van der Waals surface area contributed by atoms with E-state index in [-0.39, 0.29) is 18.6 Å². The molecule has 1 amide bonds. The molecule has 1 aromatic carbocycles. The Bertz CT molecular complexity index is 976. The number of nitrogens with zero attached hydrogens (tertiary/aromatic N) is 2. The molecule has 0 fully saturated rings. The summed E-state index contributed by atoms with van der Waals surface area (Å²) in [5.41, 5.74) is 2.80. The van der Waals surface area contributed by atoms with Crippen LogP contribution in [0.3, 0.4) is 0 Å². The zero-order valence-electron chi connectivity index (χ0n) is 16.4. The number of esters is 1. The number of rotatable bonds is 8. The molecule has 0 aliphatic heterocycles. The van der Waals surface area contributed by atoms with Gasteiger partial charge < -0.3 is 10.1 Å². The Balaban J connectivity index is 1.72. The number of hydrogen-bond donors (Lipinski definition) is 1. The van der Waals surface area contributed by atoms with E-state index in [1.54, 1.807) is 31.3 Å². The third-order valence-corrected chi connectivity index (χ3v) is 4.80. The van der Waals surface area contributed by atoms with Crippen LogP contribution in [0.15, 0.2) is 60.1 Å². The van der Waals surface area contributed by atoms with Crippen molar-refractivity contribution in [1.29, 1.82) is 0 Å². The van der Waals surface area contributed by atoms with Gasteiger partial charge in [-0.2, -0.15) is 5.10 Å². The van der Waals surface area contributed by atoms with Gasteiger partial charge in [0.25, 0.3) is 0 Å². The largest absolute Gasteiger partial charge is 0.462 e. The van der Waals surface area contributed by atoms with Crippen LogP contribution in [-0.2, 0) is 20.9 Å². The van der Waals surface area contributed by atoms with Gasteiger partial charge in [0.05, 0.1) is 17.5 Å². The third-order valence-electron chi connectivity index (χ3n) is 3.92. The summed E-state index contributed by atoms with van der Waals surface area (Å²) in [6.45, 7) is 4.00. The molecule has 29 heavy (non-hydrogen) atoms. The van der Waals surface area contributed by atoms with Gasteiger partial charge in [-0.3, -0.25) is 14.3 Å². The SMILES string of the molecule is CC(C)OC(=O)CNC(=O)/C=C/c1cn(Cc2ccccc2)nc1-c1cccs1. The fourth-order valence-corrected chi connectivity index (χ4v) is 3.43. The highest BCUT2D eigenvalue weighted by Gasteiger charge is 2.12. The molecular weight excluding hydrogens is 386 g/mol. The molecule has 3 rings (SSSR count). The maximum Gasteiger partial charge on any atom is 0.325 e. The molecule has 0 radical (unpaired) electrons. The van der Waals surface area contributed by atoms with Gasteiger partial charge >= 0.3 is 5.97 Å². The fourth-order valence-electron chi connectivity index (χ4n) is 2.70. The molecule has 6 nitrogen and oxygen atoms in total. The van der Waals surface area contributed by atoms with Crippen molar-refractivity contribution >= 4 is 29.3 Å². The van der Waals surface area contributed by atoms with Crippen LogP contribution < -0.4 is 5.32 Å². The van der Waals surface area contributed by atoms with E-state index in [2.05, 4.69) is 5.32 Å². The molecule has 0 atom stereocenters. The van der Waals surface area contributed by atoms with Gasteiger partial charge in [0.1, 0.15) is 12.2 Å². The number of nitrogens with one attached hydrogen (secondary N) is 1. The summed E-state index contributed by atoms with van der Waals surface area (Å²) in [5.74, 6) is -0.824. The Hall–Kier alpha value is -3.19. The van der Waals surface area contributed by atoms with Gasteiger partial charge in [-0.15, -0.1) is 11.3 Å². The first-order valence-corrected chi connectivity index (χ1v) is 10.2. The van der Waals surface area contributed by atoms with E-state index in [4.69, 9.17) is 9.84 Å². The molecule has 0 aliphatic carbocycles. The van der Waals surface area contributed by atoms with E-state index in [9.17, 15) is 9.59 Å². The lowest BCUT2D eigenvalue weighted by Crippen LogP contribution is -2.30. The minimum absolute atomic E-state index is 0.160. The summed E-state index contributed by atoms with van der Waals surface area (Å²) < 4.78 is 6.86. The molecule has 0 spiro atoms. The zero-order valence-corrected chi connectivity index (χ0v) is 17.2. The van der Waals surface area contributed by atoms with E-state index < -0.39 is 5.97 Å². The predicted molar refractivity (Wildman–Crippen MR) is 114 cm³/mol. The topological polar surface area (TPSA) is 73.2 Å². The Kier molecular flexibility index (Phi) is 6.97. The summed E-state index contributed by atoms with van der Waals surface area (Å²) in [4.78, 5) is 24.6. The number of hydrogen-bond acceptors (Lipinski definition) is 5. The fraction of sp³-hybridized carbons (Fsp3) is 0.227. The standard InChI is InChI=1S/C22H23N3O3S/c1-16(2)28-21(27)13-23-20(26)11-10-18-15-25(14-17-7-4-3-5-8-17)24-22(18)19-9-6-12-29-19/h3-12,15-16H,13-14H2,1-2H3,(H,23,26)/b11-10+. The van der Waals surface area contributed by atoms with Crippen molar-refractivity contribution in [2.45, 2.75) is 26.5 Å². The smallest absolute Gasteiger partial charge is 0.325 e. The predicted octanol–water partition coefficient (Wildman–Crippen LogP) is 3.74. The lowest BCUT2D eigenvalue weighted by molar-refractivity contribution is -0.147. The minimum Gasteiger partial charge on any atom is -0.462 e. The van der Waals surface area contributed by atoms with E-state index in [1.807, 2.05) is 58.7 Å². The lowest BCUT2D eigenvalue weighted by Gasteiger charge is -2.07. The molecule has 0 unspecified atom stereocenters. The molecule has 0 bridgehead atoms. The van der Waals surface area contributed by atoms with Crippen LogP contribution >= 0.6 is 11.3 Å². The molecule has 0 saturated carbocycles. The Morgan fingerprint density at radius 2 is 2.00 bits per heavy atom. The Morgan fingerprint density at radius 3 is 2.69 bits per heavy atom. The van der Waals surface area contributed by atoms with Crippen molar-refractivity contribution in [2.75, 3.05) is 6.54 Å². The number of carbonyl (C=O) groups excluding carboxylic acids is 2. The van der Waals surface area contributed by atoms with E-state index >= 15 is 0 Å². The third kappa shape index (κ3) is 6.15. The van der Waals surface area contributed by atoms with E-state index in [0.29, 0.717) is 6.54 Å². The van der Waals surface area contributed by atoms with E-state index in [0.717, 1.165) is 21.7 Å². The molecular formula is C22H23N3O3S. The monoisotopic (exact) mass is 409 g/mol. The van der Waals surface area contributed by atoms with Crippen molar-refractivity contribution in [3.05, 3.63) is 71.2 Å². The normalized spacial score (nSPS) is 11.1. The number of carbonyl (C=O) groups is 2. The number of benzene rings is 1. The van der Waals surface area contributed by atoms with Crippen molar-refractivity contribution in [3.8, 4) is 10.6 Å². The Morgan fingerprint density at radius 1 is 1.21 bits per heavy atom. The molecule has 0 aliphatic rings. The van der Waals surface area contributed by atoms with Gasteiger partial charge in [-0.25, -0.2) is 0 Å². The molecule has 0 saturated heterocycles. The van der Waals surface area contributed by atoms with Gasteiger partial charge in [0.15, 0.2) is 0 Å². The van der Waals surface area contributed by atoms with Crippen LogP contribution in [0.25, 0.3) is 16.6 Å². The van der Waals surface area contributed by atoms with Crippen molar-refractivity contribution in [1.82, 2.24) is 15.1 Å². The summed E-state index contributed by atoms with van der Waals surface area (Å²) in [7, 11) is 0. The molecule has 3 aromatic rings. The average molecular weight is 410 g/mol. The van der Waals surface area contributed by atoms with Crippen LogP contribution in [0.2, 0.25) is 0 Å². The van der Waals surface area contributed by atoms with Crippen LogP contribution in [0.1, 0.15) is 25.0 Å².